The first-order valence-electron chi connectivity index (χ1n) is 9.48. The van der Waals surface area contributed by atoms with Gasteiger partial charge in [0.05, 0.1) is 11.4 Å². The topological polar surface area (TPSA) is 45.4 Å². The molecule has 0 unspecified atom stereocenters. The Morgan fingerprint density at radius 1 is 1.04 bits per heavy atom. The van der Waals surface area contributed by atoms with Crippen molar-refractivity contribution < 1.29 is 4.42 Å². The number of anilines is 1. The molecule has 1 aromatic carbocycles. The van der Waals surface area contributed by atoms with Gasteiger partial charge in [-0.15, -0.1) is 21.5 Å². The van der Waals surface area contributed by atoms with Gasteiger partial charge in [0.1, 0.15) is 0 Å². The van der Waals surface area contributed by atoms with Crippen LogP contribution in [0, 0.1) is 0 Å². The fraction of sp³-hybridized carbons (Fsp3) is 0.429. The molecule has 3 aromatic rings. The quantitative estimate of drug-likeness (QED) is 0.633. The SMILES string of the molecule is CN(Cc1nnc(-c2cc3c(s2)CCCC3)o1)Cc1ccccc1N(C)C. The molecule has 0 N–H and O–H groups in total. The standard InChI is InChI=1S/C21H26N4OS/c1-24(2)17-10-6-4-9-16(17)13-25(3)14-20-22-23-21(26-20)19-12-15-8-5-7-11-18(15)27-19/h4,6,9-10,12H,5,7-8,11,13-14H2,1-3H3. The molecule has 2 heterocycles. The van der Waals surface area contributed by atoms with E-state index < -0.39 is 0 Å². The Labute approximate surface area is 164 Å². The van der Waals surface area contributed by atoms with Gasteiger partial charge in [-0.3, -0.25) is 4.90 Å². The average molecular weight is 383 g/mol. The van der Waals surface area contributed by atoms with Crippen LogP contribution < -0.4 is 4.90 Å². The first-order valence-corrected chi connectivity index (χ1v) is 10.3. The van der Waals surface area contributed by atoms with E-state index in [4.69, 9.17) is 4.42 Å². The van der Waals surface area contributed by atoms with Crippen molar-refractivity contribution in [1.82, 2.24) is 15.1 Å². The van der Waals surface area contributed by atoms with E-state index in [2.05, 4.69) is 71.5 Å². The number of aryl methyl sites for hydroxylation is 2. The molecule has 1 aliphatic carbocycles. The van der Waals surface area contributed by atoms with Gasteiger partial charge in [-0.05, 0) is 56.0 Å². The highest BCUT2D eigenvalue weighted by Gasteiger charge is 2.18. The molecule has 0 spiro atoms. The highest BCUT2D eigenvalue weighted by atomic mass is 32.1. The molecular weight excluding hydrogens is 356 g/mol. The summed E-state index contributed by atoms with van der Waals surface area (Å²) < 4.78 is 5.97. The molecule has 27 heavy (non-hydrogen) atoms. The summed E-state index contributed by atoms with van der Waals surface area (Å²) in [6.45, 7) is 1.47. The van der Waals surface area contributed by atoms with E-state index in [1.807, 2.05) is 11.3 Å². The molecule has 1 aliphatic rings. The predicted octanol–water partition coefficient (Wildman–Crippen LogP) is 4.37. The molecule has 0 fully saturated rings. The third kappa shape index (κ3) is 4.06. The molecule has 0 saturated heterocycles. The normalized spacial score (nSPS) is 13.8. The van der Waals surface area contributed by atoms with Crippen molar-refractivity contribution in [2.45, 2.75) is 38.8 Å². The van der Waals surface area contributed by atoms with Crippen LogP contribution in [0.25, 0.3) is 10.8 Å². The fourth-order valence-electron chi connectivity index (χ4n) is 3.67. The summed E-state index contributed by atoms with van der Waals surface area (Å²) in [5.41, 5.74) is 3.99. The Morgan fingerprint density at radius 2 is 1.85 bits per heavy atom. The summed E-state index contributed by atoms with van der Waals surface area (Å²) in [4.78, 5) is 6.96. The van der Waals surface area contributed by atoms with Crippen molar-refractivity contribution >= 4 is 17.0 Å². The van der Waals surface area contributed by atoms with Crippen LogP contribution in [-0.2, 0) is 25.9 Å². The van der Waals surface area contributed by atoms with E-state index >= 15 is 0 Å². The first-order chi connectivity index (χ1) is 13.1. The van der Waals surface area contributed by atoms with Crippen LogP contribution in [0.3, 0.4) is 0 Å². The van der Waals surface area contributed by atoms with Crippen molar-refractivity contribution in [3.05, 3.63) is 52.2 Å². The van der Waals surface area contributed by atoms with Crippen LogP contribution in [0.15, 0.2) is 34.7 Å². The summed E-state index contributed by atoms with van der Waals surface area (Å²) in [5, 5.41) is 8.57. The maximum atomic E-state index is 5.97. The average Bonchev–Trinajstić information content (AvgIpc) is 3.28. The number of benzene rings is 1. The van der Waals surface area contributed by atoms with Crippen LogP contribution in [0.5, 0.6) is 0 Å². The molecule has 0 aliphatic heterocycles. The second kappa shape index (κ2) is 7.82. The molecular formula is C21H26N4OS. The van der Waals surface area contributed by atoms with E-state index in [0.717, 1.165) is 11.4 Å². The van der Waals surface area contributed by atoms with Gasteiger partial charge in [-0.2, -0.15) is 0 Å². The molecule has 0 bridgehead atoms. The van der Waals surface area contributed by atoms with Gasteiger partial charge in [0.25, 0.3) is 5.89 Å². The minimum Gasteiger partial charge on any atom is -0.419 e. The maximum absolute atomic E-state index is 5.97. The second-order valence-electron chi connectivity index (χ2n) is 7.46. The van der Waals surface area contributed by atoms with Crippen molar-refractivity contribution in [1.29, 1.82) is 0 Å². The molecule has 0 amide bonds. The zero-order valence-electron chi connectivity index (χ0n) is 16.2. The molecule has 0 atom stereocenters. The monoisotopic (exact) mass is 382 g/mol. The lowest BCUT2D eigenvalue weighted by atomic mass is 9.99. The summed E-state index contributed by atoms with van der Waals surface area (Å²) in [5.74, 6) is 1.33. The Kier molecular flexibility index (Phi) is 5.27. The van der Waals surface area contributed by atoms with Gasteiger partial charge in [0.15, 0.2) is 0 Å². The van der Waals surface area contributed by atoms with Crippen LogP contribution in [0.2, 0.25) is 0 Å². The van der Waals surface area contributed by atoms with Crippen LogP contribution >= 0.6 is 11.3 Å². The largest absolute Gasteiger partial charge is 0.419 e. The van der Waals surface area contributed by atoms with E-state index in [0.29, 0.717) is 18.3 Å². The zero-order valence-corrected chi connectivity index (χ0v) is 17.1. The zero-order chi connectivity index (χ0) is 18.8. The van der Waals surface area contributed by atoms with E-state index in [1.54, 1.807) is 0 Å². The molecule has 5 nitrogen and oxygen atoms in total. The van der Waals surface area contributed by atoms with E-state index in [9.17, 15) is 0 Å². The number of fused-ring (bicyclic) bond motifs is 1. The third-order valence-electron chi connectivity index (χ3n) is 4.99. The fourth-order valence-corrected chi connectivity index (χ4v) is 4.85. The van der Waals surface area contributed by atoms with Crippen LogP contribution in [-0.4, -0.2) is 36.2 Å². The van der Waals surface area contributed by atoms with Gasteiger partial charge in [-0.25, -0.2) is 0 Å². The first kappa shape index (κ1) is 18.2. The minimum absolute atomic E-state index is 0.639. The second-order valence-corrected chi connectivity index (χ2v) is 8.60. The summed E-state index contributed by atoms with van der Waals surface area (Å²) in [6.07, 6.45) is 4.95. The van der Waals surface area contributed by atoms with Crippen molar-refractivity contribution in [2.24, 2.45) is 0 Å². The molecule has 6 heteroatoms. The van der Waals surface area contributed by atoms with Gasteiger partial charge in [0, 0.05) is 31.2 Å². The summed E-state index contributed by atoms with van der Waals surface area (Å²) in [7, 11) is 6.23. The third-order valence-corrected chi connectivity index (χ3v) is 6.22. The molecule has 142 valence electrons. The van der Waals surface area contributed by atoms with Gasteiger partial charge in [-0.1, -0.05) is 18.2 Å². The van der Waals surface area contributed by atoms with E-state index in [1.165, 1.54) is 47.4 Å². The van der Waals surface area contributed by atoms with Crippen LogP contribution in [0.4, 0.5) is 5.69 Å². The van der Waals surface area contributed by atoms with Gasteiger partial charge >= 0.3 is 0 Å². The lowest BCUT2D eigenvalue weighted by molar-refractivity contribution is 0.283. The molecule has 0 saturated carbocycles. The van der Waals surface area contributed by atoms with Crippen LogP contribution in [0.1, 0.15) is 34.7 Å². The lowest BCUT2D eigenvalue weighted by Gasteiger charge is -2.21. The highest BCUT2D eigenvalue weighted by Crippen LogP contribution is 2.35. The number of aromatic nitrogens is 2. The number of hydrogen-bond donors (Lipinski definition) is 0. The lowest BCUT2D eigenvalue weighted by Crippen LogP contribution is -2.20. The van der Waals surface area contributed by atoms with E-state index in [-0.39, 0.29) is 0 Å². The number of para-hydroxylation sites is 1. The molecule has 4 rings (SSSR count). The Morgan fingerprint density at radius 3 is 2.67 bits per heavy atom. The maximum Gasteiger partial charge on any atom is 0.257 e. The van der Waals surface area contributed by atoms with Crippen molar-refractivity contribution in [3.63, 3.8) is 0 Å². The minimum atomic E-state index is 0.639. The Hall–Kier alpha value is -2.18. The number of thiophene rings is 1. The molecule has 2 aromatic heterocycles. The summed E-state index contributed by atoms with van der Waals surface area (Å²) >= 11 is 1.81. The van der Waals surface area contributed by atoms with Gasteiger partial charge < -0.3 is 9.32 Å². The number of rotatable bonds is 6. The number of nitrogens with zero attached hydrogens (tertiary/aromatic N) is 4. The summed E-state index contributed by atoms with van der Waals surface area (Å²) in [6, 6.07) is 10.7. The van der Waals surface area contributed by atoms with Crippen molar-refractivity contribution in [2.75, 3.05) is 26.0 Å². The number of hydrogen-bond acceptors (Lipinski definition) is 6. The smallest absolute Gasteiger partial charge is 0.257 e. The Bertz CT molecular complexity index is 891. The predicted molar refractivity (Wildman–Crippen MR) is 110 cm³/mol. The van der Waals surface area contributed by atoms with Crippen molar-refractivity contribution in [3.8, 4) is 10.8 Å². The highest BCUT2D eigenvalue weighted by molar-refractivity contribution is 7.15. The Balaban J connectivity index is 1.44. The molecule has 0 radical (unpaired) electrons. The van der Waals surface area contributed by atoms with Gasteiger partial charge in [0.2, 0.25) is 5.89 Å².